The van der Waals surface area contributed by atoms with Gasteiger partial charge in [0.1, 0.15) is 0 Å². The first-order valence-electron chi connectivity index (χ1n) is 4.57. The Morgan fingerprint density at radius 1 is 1.31 bits per heavy atom. The molecule has 0 amide bonds. The molecule has 0 aliphatic heterocycles. The van der Waals surface area contributed by atoms with E-state index >= 15 is 0 Å². The van der Waals surface area contributed by atoms with Gasteiger partial charge in [0.05, 0.1) is 0 Å². The summed E-state index contributed by atoms with van der Waals surface area (Å²) >= 11 is 3.44. The van der Waals surface area contributed by atoms with Crippen molar-refractivity contribution in [2.45, 2.75) is 25.8 Å². The van der Waals surface area contributed by atoms with Crippen LogP contribution in [0.15, 0.2) is 28.7 Å². The molecule has 72 valence electrons. The number of rotatable bonds is 3. The molecule has 1 unspecified atom stereocenters. The van der Waals surface area contributed by atoms with Crippen LogP contribution in [-0.4, -0.2) is 7.05 Å². The summed E-state index contributed by atoms with van der Waals surface area (Å²) in [6.07, 6.45) is 1.09. The SMILES string of the molecule is CCC(C)(NC)c1ccc(Br)cc1. The number of benzene rings is 1. The molecule has 1 aromatic rings. The zero-order valence-corrected chi connectivity index (χ0v) is 9.98. The van der Waals surface area contributed by atoms with Crippen LogP contribution in [0.2, 0.25) is 0 Å². The second-order valence-corrected chi connectivity index (χ2v) is 4.36. The van der Waals surface area contributed by atoms with Gasteiger partial charge >= 0.3 is 0 Å². The molecule has 1 N–H and O–H groups in total. The first kappa shape index (κ1) is 10.7. The van der Waals surface area contributed by atoms with Gasteiger partial charge in [-0.1, -0.05) is 35.0 Å². The quantitative estimate of drug-likeness (QED) is 0.857. The Morgan fingerprint density at radius 3 is 2.23 bits per heavy atom. The van der Waals surface area contributed by atoms with Crippen molar-refractivity contribution in [3.8, 4) is 0 Å². The lowest BCUT2D eigenvalue weighted by molar-refractivity contribution is 0.386. The van der Waals surface area contributed by atoms with Gasteiger partial charge in [-0.05, 0) is 38.1 Å². The minimum Gasteiger partial charge on any atom is -0.311 e. The summed E-state index contributed by atoms with van der Waals surface area (Å²) in [5, 5.41) is 3.35. The third kappa shape index (κ3) is 2.32. The summed E-state index contributed by atoms with van der Waals surface area (Å²) in [7, 11) is 2.01. The van der Waals surface area contributed by atoms with Crippen LogP contribution in [0.25, 0.3) is 0 Å². The van der Waals surface area contributed by atoms with E-state index in [0.29, 0.717) is 0 Å². The highest BCUT2D eigenvalue weighted by Crippen LogP contribution is 2.24. The monoisotopic (exact) mass is 241 g/mol. The Kier molecular flexibility index (Phi) is 3.51. The Bertz CT molecular complexity index is 262. The third-order valence-corrected chi connectivity index (χ3v) is 3.27. The van der Waals surface area contributed by atoms with Crippen LogP contribution in [0.4, 0.5) is 0 Å². The molecule has 0 fully saturated rings. The molecule has 1 rings (SSSR count). The molecule has 13 heavy (non-hydrogen) atoms. The predicted octanol–water partition coefficient (Wildman–Crippen LogP) is 3.29. The summed E-state index contributed by atoms with van der Waals surface area (Å²) in [5.74, 6) is 0. The smallest absolute Gasteiger partial charge is 0.0400 e. The molecular formula is C11H16BrN. The number of hydrogen-bond donors (Lipinski definition) is 1. The highest BCUT2D eigenvalue weighted by molar-refractivity contribution is 9.10. The first-order chi connectivity index (χ1) is 6.12. The van der Waals surface area contributed by atoms with Crippen LogP contribution >= 0.6 is 15.9 Å². The van der Waals surface area contributed by atoms with Gasteiger partial charge < -0.3 is 5.32 Å². The highest BCUT2D eigenvalue weighted by Gasteiger charge is 2.21. The second-order valence-electron chi connectivity index (χ2n) is 3.44. The van der Waals surface area contributed by atoms with Crippen molar-refractivity contribution < 1.29 is 0 Å². The number of hydrogen-bond acceptors (Lipinski definition) is 1. The van der Waals surface area contributed by atoms with E-state index in [1.54, 1.807) is 0 Å². The molecule has 1 nitrogen and oxygen atoms in total. The molecule has 0 heterocycles. The zero-order valence-electron chi connectivity index (χ0n) is 8.39. The summed E-state index contributed by atoms with van der Waals surface area (Å²) in [6.45, 7) is 4.41. The van der Waals surface area contributed by atoms with Crippen molar-refractivity contribution in [1.29, 1.82) is 0 Å². The van der Waals surface area contributed by atoms with Crippen LogP contribution in [0.3, 0.4) is 0 Å². The molecule has 2 heteroatoms. The maximum atomic E-state index is 3.44. The van der Waals surface area contributed by atoms with Crippen molar-refractivity contribution in [1.82, 2.24) is 5.32 Å². The first-order valence-corrected chi connectivity index (χ1v) is 5.36. The van der Waals surface area contributed by atoms with Crippen LogP contribution in [0.5, 0.6) is 0 Å². The summed E-state index contributed by atoms with van der Waals surface area (Å²) in [4.78, 5) is 0. The lowest BCUT2D eigenvalue weighted by Gasteiger charge is -2.28. The summed E-state index contributed by atoms with van der Waals surface area (Å²) in [5.41, 5.74) is 1.43. The average molecular weight is 242 g/mol. The standard InChI is InChI=1S/C11H16BrN/c1-4-11(2,13-3)9-5-7-10(12)8-6-9/h5-8,13H,4H2,1-3H3. The summed E-state index contributed by atoms with van der Waals surface area (Å²) < 4.78 is 1.13. The molecule has 0 aliphatic carbocycles. The van der Waals surface area contributed by atoms with E-state index in [9.17, 15) is 0 Å². The second kappa shape index (κ2) is 4.25. The van der Waals surface area contributed by atoms with Gasteiger partial charge in [-0.15, -0.1) is 0 Å². The molecule has 0 bridgehead atoms. The van der Waals surface area contributed by atoms with Crippen LogP contribution in [-0.2, 0) is 5.54 Å². The zero-order chi connectivity index (χ0) is 9.90. The molecule has 0 saturated carbocycles. The fourth-order valence-electron chi connectivity index (χ4n) is 1.34. The van der Waals surface area contributed by atoms with Crippen LogP contribution < -0.4 is 5.32 Å². The maximum Gasteiger partial charge on any atom is 0.0400 e. The molecule has 0 aliphatic rings. The normalized spacial score (nSPS) is 15.4. The van der Waals surface area contributed by atoms with Crippen molar-refractivity contribution in [2.75, 3.05) is 7.05 Å². The van der Waals surface area contributed by atoms with Crippen molar-refractivity contribution >= 4 is 15.9 Å². The third-order valence-electron chi connectivity index (χ3n) is 2.74. The Morgan fingerprint density at radius 2 is 1.85 bits per heavy atom. The average Bonchev–Trinajstić information content (AvgIpc) is 2.18. The maximum absolute atomic E-state index is 3.44. The minimum absolute atomic E-state index is 0.0979. The van der Waals surface area contributed by atoms with E-state index in [1.807, 2.05) is 7.05 Å². The number of nitrogens with one attached hydrogen (secondary N) is 1. The molecule has 1 aromatic carbocycles. The van der Waals surface area contributed by atoms with Gasteiger partial charge in [0, 0.05) is 10.0 Å². The molecule has 0 radical (unpaired) electrons. The van der Waals surface area contributed by atoms with E-state index in [4.69, 9.17) is 0 Å². The minimum atomic E-state index is 0.0979. The molecule has 0 aromatic heterocycles. The van der Waals surface area contributed by atoms with E-state index in [2.05, 4.69) is 59.4 Å². The Hall–Kier alpha value is -0.340. The molecule has 0 spiro atoms. The van der Waals surface area contributed by atoms with E-state index in [1.165, 1.54) is 5.56 Å². The van der Waals surface area contributed by atoms with Crippen LogP contribution in [0, 0.1) is 0 Å². The van der Waals surface area contributed by atoms with E-state index < -0.39 is 0 Å². The lowest BCUT2D eigenvalue weighted by Crippen LogP contribution is -2.35. The van der Waals surface area contributed by atoms with Gasteiger partial charge in [-0.25, -0.2) is 0 Å². The Labute approximate surface area is 88.7 Å². The highest BCUT2D eigenvalue weighted by atomic mass is 79.9. The van der Waals surface area contributed by atoms with Gasteiger partial charge in [-0.3, -0.25) is 0 Å². The fourth-order valence-corrected chi connectivity index (χ4v) is 1.61. The van der Waals surface area contributed by atoms with E-state index in [0.717, 1.165) is 10.9 Å². The topological polar surface area (TPSA) is 12.0 Å². The van der Waals surface area contributed by atoms with Crippen molar-refractivity contribution in [2.24, 2.45) is 0 Å². The predicted molar refractivity (Wildman–Crippen MR) is 60.8 cm³/mol. The summed E-state index contributed by atoms with van der Waals surface area (Å²) in [6, 6.07) is 8.48. The lowest BCUT2D eigenvalue weighted by atomic mass is 9.90. The largest absolute Gasteiger partial charge is 0.311 e. The Balaban J connectivity index is 2.99. The van der Waals surface area contributed by atoms with Crippen LogP contribution in [0.1, 0.15) is 25.8 Å². The number of halogens is 1. The van der Waals surface area contributed by atoms with Gasteiger partial charge in [-0.2, -0.15) is 0 Å². The molecule has 1 atom stereocenters. The van der Waals surface area contributed by atoms with E-state index in [-0.39, 0.29) is 5.54 Å². The molecular weight excluding hydrogens is 226 g/mol. The van der Waals surface area contributed by atoms with Crippen molar-refractivity contribution in [3.05, 3.63) is 34.3 Å². The molecule has 0 saturated heterocycles. The van der Waals surface area contributed by atoms with Gasteiger partial charge in [0.15, 0.2) is 0 Å². The fraction of sp³-hybridized carbons (Fsp3) is 0.455. The van der Waals surface area contributed by atoms with Crippen molar-refractivity contribution in [3.63, 3.8) is 0 Å². The van der Waals surface area contributed by atoms with Gasteiger partial charge in [0.25, 0.3) is 0 Å². The van der Waals surface area contributed by atoms with Gasteiger partial charge in [0.2, 0.25) is 0 Å².